The van der Waals surface area contributed by atoms with Gasteiger partial charge in [0.05, 0.1) is 0 Å². The monoisotopic (exact) mass is 363 g/mol. The van der Waals surface area contributed by atoms with E-state index in [0.717, 1.165) is 11.1 Å². The SMILES string of the molecule is O=C(NCC=Cc1ccc(F)cc1Br)OCc1ccccc1. The lowest BCUT2D eigenvalue weighted by molar-refractivity contribution is 0.141. The van der Waals surface area contributed by atoms with Crippen LogP contribution < -0.4 is 5.32 Å². The molecule has 22 heavy (non-hydrogen) atoms. The number of halogens is 2. The van der Waals surface area contributed by atoms with Crippen LogP contribution in [0.1, 0.15) is 11.1 Å². The van der Waals surface area contributed by atoms with Gasteiger partial charge in [-0.15, -0.1) is 0 Å². The summed E-state index contributed by atoms with van der Waals surface area (Å²) in [5.41, 5.74) is 1.77. The van der Waals surface area contributed by atoms with E-state index in [0.29, 0.717) is 11.0 Å². The second kappa shape index (κ2) is 8.34. The first kappa shape index (κ1) is 16.2. The van der Waals surface area contributed by atoms with Crippen molar-refractivity contribution >= 4 is 28.1 Å². The first-order valence-electron chi connectivity index (χ1n) is 6.71. The first-order chi connectivity index (χ1) is 10.6. The molecule has 0 aliphatic rings. The molecule has 0 saturated heterocycles. The highest BCUT2D eigenvalue weighted by Gasteiger charge is 2.01. The van der Waals surface area contributed by atoms with Crippen molar-refractivity contribution in [2.24, 2.45) is 0 Å². The molecule has 2 rings (SSSR count). The van der Waals surface area contributed by atoms with Crippen LogP contribution >= 0.6 is 15.9 Å². The Labute approximate surface area is 136 Å². The number of alkyl carbamates (subject to hydrolysis) is 1. The fourth-order valence-corrected chi connectivity index (χ4v) is 2.22. The predicted molar refractivity (Wildman–Crippen MR) is 87.8 cm³/mol. The predicted octanol–water partition coefficient (Wildman–Crippen LogP) is 4.53. The fraction of sp³-hybridized carbons (Fsp3) is 0.118. The van der Waals surface area contributed by atoms with Gasteiger partial charge >= 0.3 is 6.09 Å². The second-order valence-electron chi connectivity index (χ2n) is 4.51. The quantitative estimate of drug-likeness (QED) is 0.847. The fourth-order valence-electron chi connectivity index (χ4n) is 1.74. The van der Waals surface area contributed by atoms with Gasteiger partial charge in [0.1, 0.15) is 12.4 Å². The number of benzene rings is 2. The van der Waals surface area contributed by atoms with Gasteiger partial charge in [-0.05, 0) is 23.3 Å². The third-order valence-electron chi connectivity index (χ3n) is 2.84. The van der Waals surface area contributed by atoms with Crippen LogP contribution in [0.15, 0.2) is 59.1 Å². The van der Waals surface area contributed by atoms with Gasteiger partial charge in [-0.3, -0.25) is 0 Å². The number of hydrogen-bond acceptors (Lipinski definition) is 2. The Morgan fingerprint density at radius 3 is 2.73 bits per heavy atom. The Morgan fingerprint density at radius 1 is 1.23 bits per heavy atom. The molecule has 0 saturated carbocycles. The van der Waals surface area contributed by atoms with Crippen molar-refractivity contribution in [1.82, 2.24) is 5.32 Å². The minimum Gasteiger partial charge on any atom is -0.445 e. The lowest BCUT2D eigenvalue weighted by atomic mass is 10.2. The van der Waals surface area contributed by atoms with Crippen LogP contribution in [0.3, 0.4) is 0 Å². The van der Waals surface area contributed by atoms with Crippen molar-refractivity contribution in [3.63, 3.8) is 0 Å². The number of amides is 1. The van der Waals surface area contributed by atoms with Gasteiger partial charge < -0.3 is 10.1 Å². The van der Waals surface area contributed by atoms with Gasteiger partial charge in [0.2, 0.25) is 0 Å². The zero-order chi connectivity index (χ0) is 15.8. The summed E-state index contributed by atoms with van der Waals surface area (Å²) in [7, 11) is 0. The van der Waals surface area contributed by atoms with Gasteiger partial charge in [0, 0.05) is 11.0 Å². The third-order valence-corrected chi connectivity index (χ3v) is 3.52. The van der Waals surface area contributed by atoms with Crippen molar-refractivity contribution in [3.8, 4) is 0 Å². The molecule has 0 spiro atoms. The van der Waals surface area contributed by atoms with Crippen molar-refractivity contribution in [2.45, 2.75) is 6.61 Å². The standard InChI is InChI=1S/C17H15BrFNO2/c18-16-11-15(19)9-8-14(16)7-4-10-20-17(21)22-12-13-5-2-1-3-6-13/h1-9,11H,10,12H2,(H,20,21). The number of carbonyl (C=O) groups excluding carboxylic acids is 1. The van der Waals surface area contributed by atoms with Crippen LogP contribution in [0.5, 0.6) is 0 Å². The van der Waals surface area contributed by atoms with Gasteiger partial charge in [-0.1, -0.05) is 64.5 Å². The molecular formula is C17H15BrFNO2. The highest BCUT2D eigenvalue weighted by Crippen LogP contribution is 2.19. The smallest absolute Gasteiger partial charge is 0.407 e. The molecular weight excluding hydrogens is 349 g/mol. The molecule has 0 atom stereocenters. The number of rotatable bonds is 5. The van der Waals surface area contributed by atoms with Gasteiger partial charge in [0.25, 0.3) is 0 Å². The van der Waals surface area contributed by atoms with Gasteiger partial charge in [-0.25, -0.2) is 9.18 Å². The van der Waals surface area contributed by atoms with Gasteiger partial charge in [0.15, 0.2) is 0 Å². The molecule has 1 amide bonds. The van der Waals surface area contributed by atoms with Crippen LogP contribution in [0.4, 0.5) is 9.18 Å². The molecule has 0 fully saturated rings. The molecule has 0 aliphatic carbocycles. The Bertz CT molecular complexity index is 659. The number of ether oxygens (including phenoxy) is 1. The lowest BCUT2D eigenvalue weighted by Crippen LogP contribution is -2.24. The minimum atomic E-state index is -0.480. The average molecular weight is 364 g/mol. The van der Waals surface area contributed by atoms with E-state index in [1.807, 2.05) is 30.3 Å². The molecule has 0 bridgehead atoms. The normalized spacial score (nSPS) is 10.6. The summed E-state index contributed by atoms with van der Waals surface area (Å²) >= 11 is 3.28. The van der Waals surface area contributed by atoms with Crippen molar-refractivity contribution < 1.29 is 13.9 Å². The first-order valence-corrected chi connectivity index (χ1v) is 7.50. The van der Waals surface area contributed by atoms with Crippen LogP contribution in [0, 0.1) is 5.82 Å². The average Bonchev–Trinajstić information content (AvgIpc) is 2.52. The number of nitrogens with one attached hydrogen (secondary N) is 1. The number of hydrogen-bond donors (Lipinski definition) is 1. The van der Waals surface area contributed by atoms with E-state index in [9.17, 15) is 9.18 Å². The third kappa shape index (κ3) is 5.33. The van der Waals surface area contributed by atoms with Crippen LogP contribution in [0.2, 0.25) is 0 Å². The maximum absolute atomic E-state index is 12.9. The molecule has 0 unspecified atom stereocenters. The lowest BCUT2D eigenvalue weighted by Gasteiger charge is -2.05. The van der Waals surface area contributed by atoms with Crippen molar-refractivity contribution in [3.05, 3.63) is 76.0 Å². The zero-order valence-corrected chi connectivity index (χ0v) is 13.3. The van der Waals surface area contributed by atoms with Crippen molar-refractivity contribution in [2.75, 3.05) is 6.54 Å². The zero-order valence-electron chi connectivity index (χ0n) is 11.8. The summed E-state index contributed by atoms with van der Waals surface area (Å²) in [6.07, 6.45) is 3.08. The second-order valence-corrected chi connectivity index (χ2v) is 5.37. The van der Waals surface area contributed by atoms with Crippen LogP contribution in [-0.4, -0.2) is 12.6 Å². The van der Waals surface area contributed by atoms with Crippen LogP contribution in [0.25, 0.3) is 6.08 Å². The topological polar surface area (TPSA) is 38.3 Å². The Kier molecular flexibility index (Phi) is 6.15. The van der Waals surface area contributed by atoms with E-state index < -0.39 is 6.09 Å². The van der Waals surface area contributed by atoms with E-state index >= 15 is 0 Å². The minimum absolute atomic E-state index is 0.236. The molecule has 2 aromatic carbocycles. The maximum Gasteiger partial charge on any atom is 0.407 e. The summed E-state index contributed by atoms with van der Waals surface area (Å²) < 4.78 is 18.7. The Hall–Kier alpha value is -2.14. The summed E-state index contributed by atoms with van der Waals surface area (Å²) in [5, 5.41) is 2.62. The highest BCUT2D eigenvalue weighted by molar-refractivity contribution is 9.10. The van der Waals surface area contributed by atoms with Gasteiger partial charge in [-0.2, -0.15) is 0 Å². The van der Waals surface area contributed by atoms with E-state index in [1.165, 1.54) is 12.1 Å². The molecule has 2 aromatic rings. The maximum atomic E-state index is 12.9. The molecule has 1 N–H and O–H groups in total. The Morgan fingerprint density at radius 2 is 2.00 bits per heavy atom. The highest BCUT2D eigenvalue weighted by atomic mass is 79.9. The molecule has 0 aliphatic heterocycles. The largest absolute Gasteiger partial charge is 0.445 e. The number of carbonyl (C=O) groups is 1. The molecule has 3 nitrogen and oxygen atoms in total. The van der Waals surface area contributed by atoms with Crippen LogP contribution in [-0.2, 0) is 11.3 Å². The summed E-state index contributed by atoms with van der Waals surface area (Å²) in [5.74, 6) is -0.299. The van der Waals surface area contributed by atoms with E-state index in [1.54, 1.807) is 18.2 Å². The molecule has 0 radical (unpaired) electrons. The summed E-state index contributed by atoms with van der Waals surface area (Å²) in [6, 6.07) is 13.9. The Balaban J connectivity index is 1.73. The van der Waals surface area contributed by atoms with E-state index in [4.69, 9.17) is 4.74 Å². The summed E-state index contributed by atoms with van der Waals surface area (Å²) in [4.78, 5) is 11.5. The molecule has 0 aromatic heterocycles. The van der Waals surface area contributed by atoms with E-state index in [-0.39, 0.29) is 12.4 Å². The van der Waals surface area contributed by atoms with E-state index in [2.05, 4.69) is 21.2 Å². The van der Waals surface area contributed by atoms with Crippen molar-refractivity contribution in [1.29, 1.82) is 0 Å². The molecule has 5 heteroatoms. The molecule has 0 heterocycles. The summed E-state index contributed by atoms with van der Waals surface area (Å²) in [6.45, 7) is 0.567. The molecule has 114 valence electrons.